The first-order valence-corrected chi connectivity index (χ1v) is 6.91. The van der Waals surface area contributed by atoms with E-state index in [9.17, 15) is 13.6 Å². The molecule has 6 heteroatoms. The first kappa shape index (κ1) is 14.8. The third kappa shape index (κ3) is 3.30. The van der Waals surface area contributed by atoms with Crippen molar-refractivity contribution in [3.8, 4) is 11.4 Å². The second-order valence-electron chi connectivity index (χ2n) is 4.93. The predicted octanol–water partition coefficient (Wildman–Crippen LogP) is 3.68. The van der Waals surface area contributed by atoms with Gasteiger partial charge in [0.05, 0.1) is 5.69 Å². The number of H-pyrrole nitrogens is 1. The molecule has 0 aliphatic rings. The van der Waals surface area contributed by atoms with Gasteiger partial charge in [0.1, 0.15) is 21.9 Å². The Morgan fingerprint density at radius 2 is 1.85 bits per heavy atom. The van der Waals surface area contributed by atoms with E-state index in [4.69, 9.17) is 0 Å². The zero-order chi connectivity index (χ0) is 14.9. The Kier molecular flexibility index (Phi) is 4.32. The molecule has 2 aromatic rings. The molecule has 0 atom stereocenters. The summed E-state index contributed by atoms with van der Waals surface area (Å²) in [5, 5.41) is 0. The van der Waals surface area contributed by atoms with Gasteiger partial charge in [-0.3, -0.25) is 4.79 Å². The zero-order valence-electron chi connectivity index (χ0n) is 11.0. The largest absolute Gasteiger partial charge is 0.306 e. The number of aromatic amines is 1. The maximum Gasteiger partial charge on any atom is 0.265 e. The van der Waals surface area contributed by atoms with Crippen LogP contribution in [0, 0.1) is 17.6 Å². The van der Waals surface area contributed by atoms with Gasteiger partial charge in [-0.15, -0.1) is 0 Å². The summed E-state index contributed by atoms with van der Waals surface area (Å²) in [6.07, 6.45) is 0.593. The van der Waals surface area contributed by atoms with Crippen molar-refractivity contribution in [2.45, 2.75) is 20.3 Å². The van der Waals surface area contributed by atoms with Gasteiger partial charge >= 0.3 is 0 Å². The van der Waals surface area contributed by atoms with Crippen molar-refractivity contribution in [2.75, 3.05) is 0 Å². The minimum atomic E-state index is -0.712. The summed E-state index contributed by atoms with van der Waals surface area (Å²) in [7, 11) is 0. The van der Waals surface area contributed by atoms with Crippen LogP contribution in [0.3, 0.4) is 0 Å². The Bertz CT molecular complexity index is 678. The molecule has 1 aromatic heterocycles. The van der Waals surface area contributed by atoms with Gasteiger partial charge in [-0.05, 0) is 40.4 Å². The molecule has 0 bridgehead atoms. The predicted molar refractivity (Wildman–Crippen MR) is 76.5 cm³/mol. The van der Waals surface area contributed by atoms with Crippen LogP contribution in [-0.2, 0) is 6.42 Å². The summed E-state index contributed by atoms with van der Waals surface area (Å²) in [6, 6.07) is 3.04. The van der Waals surface area contributed by atoms with E-state index in [1.807, 2.05) is 13.8 Å². The Labute approximate surface area is 123 Å². The highest BCUT2D eigenvalue weighted by atomic mass is 79.9. The molecule has 0 fully saturated rings. The molecule has 1 aromatic carbocycles. The van der Waals surface area contributed by atoms with Crippen LogP contribution in [0.2, 0.25) is 0 Å². The Morgan fingerprint density at radius 3 is 2.40 bits per heavy atom. The maximum atomic E-state index is 13.2. The highest BCUT2D eigenvalue weighted by molar-refractivity contribution is 9.10. The molecule has 0 radical (unpaired) electrons. The number of nitrogens with one attached hydrogen (secondary N) is 1. The van der Waals surface area contributed by atoms with Crippen LogP contribution in [0.4, 0.5) is 8.78 Å². The summed E-state index contributed by atoms with van der Waals surface area (Å²) < 4.78 is 26.8. The van der Waals surface area contributed by atoms with Gasteiger partial charge in [-0.1, -0.05) is 13.8 Å². The average molecular weight is 343 g/mol. The summed E-state index contributed by atoms with van der Waals surface area (Å²) in [5.74, 6) is -0.961. The average Bonchev–Trinajstić information content (AvgIpc) is 2.32. The number of aromatic nitrogens is 2. The van der Waals surface area contributed by atoms with Crippen LogP contribution in [0.15, 0.2) is 27.5 Å². The number of halogens is 3. The molecular weight excluding hydrogens is 330 g/mol. The van der Waals surface area contributed by atoms with Gasteiger partial charge in [-0.25, -0.2) is 13.8 Å². The minimum absolute atomic E-state index is 0.159. The van der Waals surface area contributed by atoms with Crippen molar-refractivity contribution < 1.29 is 8.78 Å². The molecule has 2 rings (SSSR count). The van der Waals surface area contributed by atoms with Gasteiger partial charge in [0.15, 0.2) is 0 Å². The SMILES string of the molecule is CC(C)Cc1nc(-c2cc(F)cc(F)c2)[nH]c(=O)c1Br. The van der Waals surface area contributed by atoms with Crippen molar-refractivity contribution in [1.82, 2.24) is 9.97 Å². The normalized spacial score (nSPS) is 11.1. The van der Waals surface area contributed by atoms with Crippen molar-refractivity contribution in [2.24, 2.45) is 5.92 Å². The minimum Gasteiger partial charge on any atom is -0.306 e. The van der Waals surface area contributed by atoms with E-state index >= 15 is 0 Å². The fraction of sp³-hybridized carbons (Fsp3) is 0.286. The van der Waals surface area contributed by atoms with Gasteiger partial charge < -0.3 is 4.98 Å². The quantitative estimate of drug-likeness (QED) is 0.924. The molecular formula is C14H13BrF2N2O. The molecule has 0 aliphatic heterocycles. The van der Waals surface area contributed by atoms with Crippen molar-refractivity contribution >= 4 is 15.9 Å². The molecule has 0 saturated carbocycles. The molecule has 1 heterocycles. The van der Waals surface area contributed by atoms with Crippen LogP contribution in [0.1, 0.15) is 19.5 Å². The van der Waals surface area contributed by atoms with E-state index in [2.05, 4.69) is 25.9 Å². The van der Waals surface area contributed by atoms with E-state index in [0.717, 1.165) is 18.2 Å². The van der Waals surface area contributed by atoms with Gasteiger partial charge in [0.25, 0.3) is 5.56 Å². The second kappa shape index (κ2) is 5.83. The molecule has 1 N–H and O–H groups in total. The molecule has 20 heavy (non-hydrogen) atoms. The molecule has 0 aliphatic carbocycles. The first-order valence-electron chi connectivity index (χ1n) is 6.12. The lowest BCUT2D eigenvalue weighted by Gasteiger charge is -2.09. The van der Waals surface area contributed by atoms with Crippen LogP contribution in [0.25, 0.3) is 11.4 Å². The fourth-order valence-corrected chi connectivity index (χ4v) is 2.20. The summed E-state index contributed by atoms with van der Waals surface area (Å²) in [4.78, 5) is 18.7. The number of hydrogen-bond donors (Lipinski definition) is 1. The Hall–Kier alpha value is -1.56. The van der Waals surface area contributed by atoms with Gasteiger partial charge in [0, 0.05) is 11.6 Å². The van der Waals surface area contributed by atoms with E-state index in [-0.39, 0.29) is 16.9 Å². The second-order valence-corrected chi connectivity index (χ2v) is 5.72. The molecule has 0 spiro atoms. The van der Waals surface area contributed by atoms with Crippen LogP contribution >= 0.6 is 15.9 Å². The fourth-order valence-electron chi connectivity index (χ4n) is 1.85. The Morgan fingerprint density at radius 1 is 1.25 bits per heavy atom. The number of hydrogen-bond acceptors (Lipinski definition) is 2. The topological polar surface area (TPSA) is 45.8 Å². The number of benzene rings is 1. The number of nitrogens with zero attached hydrogens (tertiary/aromatic N) is 1. The van der Waals surface area contributed by atoms with Crippen LogP contribution < -0.4 is 5.56 Å². The standard InChI is InChI=1S/C14H13BrF2N2O/c1-7(2)3-11-12(15)14(20)19-13(18-11)8-4-9(16)6-10(17)5-8/h4-7H,3H2,1-2H3,(H,18,19,20). The third-order valence-electron chi connectivity index (χ3n) is 2.67. The highest BCUT2D eigenvalue weighted by Gasteiger charge is 2.13. The zero-order valence-corrected chi connectivity index (χ0v) is 12.6. The first-order chi connectivity index (χ1) is 9.36. The summed E-state index contributed by atoms with van der Waals surface area (Å²) >= 11 is 3.19. The van der Waals surface area contributed by atoms with Crippen LogP contribution in [-0.4, -0.2) is 9.97 Å². The highest BCUT2D eigenvalue weighted by Crippen LogP contribution is 2.20. The summed E-state index contributed by atoms with van der Waals surface area (Å²) in [5.41, 5.74) is 0.413. The van der Waals surface area contributed by atoms with Crippen molar-refractivity contribution in [3.63, 3.8) is 0 Å². The van der Waals surface area contributed by atoms with E-state index < -0.39 is 11.6 Å². The molecule has 106 valence electrons. The van der Waals surface area contributed by atoms with Gasteiger partial charge in [-0.2, -0.15) is 0 Å². The molecule has 0 saturated heterocycles. The van der Waals surface area contributed by atoms with Crippen LogP contribution in [0.5, 0.6) is 0 Å². The van der Waals surface area contributed by atoms with E-state index in [1.165, 1.54) is 0 Å². The molecule has 0 amide bonds. The maximum absolute atomic E-state index is 13.2. The third-order valence-corrected chi connectivity index (χ3v) is 3.49. The van der Waals surface area contributed by atoms with E-state index in [0.29, 0.717) is 22.5 Å². The monoisotopic (exact) mass is 342 g/mol. The lowest BCUT2D eigenvalue weighted by Crippen LogP contribution is -2.15. The Balaban J connectivity index is 2.57. The lowest BCUT2D eigenvalue weighted by molar-refractivity contribution is 0.583. The lowest BCUT2D eigenvalue weighted by atomic mass is 10.1. The van der Waals surface area contributed by atoms with Gasteiger partial charge in [0.2, 0.25) is 0 Å². The smallest absolute Gasteiger partial charge is 0.265 e. The van der Waals surface area contributed by atoms with Crippen molar-refractivity contribution in [1.29, 1.82) is 0 Å². The molecule has 3 nitrogen and oxygen atoms in total. The van der Waals surface area contributed by atoms with Crippen molar-refractivity contribution in [3.05, 3.63) is 50.4 Å². The number of rotatable bonds is 3. The molecule has 0 unspecified atom stereocenters. The summed E-state index contributed by atoms with van der Waals surface area (Å²) in [6.45, 7) is 3.99. The van der Waals surface area contributed by atoms with E-state index in [1.54, 1.807) is 0 Å².